The van der Waals surface area contributed by atoms with Gasteiger partial charge in [-0.25, -0.2) is 0 Å². The van der Waals surface area contributed by atoms with Crippen molar-refractivity contribution in [3.63, 3.8) is 0 Å². The molecule has 140 valence electrons. The minimum Gasteiger partial charge on any atom is -0.507 e. The molecule has 0 unspecified atom stereocenters. The summed E-state index contributed by atoms with van der Waals surface area (Å²) in [5.74, 6) is -0.743. The third kappa shape index (κ3) is 5.87. The monoisotopic (exact) mass is 349 g/mol. The number of benzene rings is 1. The van der Waals surface area contributed by atoms with E-state index in [4.69, 9.17) is 10.2 Å². The first-order valence-electron chi connectivity index (χ1n) is 8.49. The zero-order chi connectivity index (χ0) is 19.4. The lowest BCUT2D eigenvalue weighted by Gasteiger charge is -2.27. The van der Waals surface area contributed by atoms with Crippen LogP contribution in [0, 0.1) is 0 Å². The smallest absolute Gasteiger partial charge is 0.323 e. The first-order valence-corrected chi connectivity index (χ1v) is 8.49. The fraction of sp³-hybridized carbons (Fsp3) is 0.550. The van der Waals surface area contributed by atoms with Crippen LogP contribution < -0.4 is 5.32 Å². The summed E-state index contributed by atoms with van der Waals surface area (Å²) >= 11 is 0. The Kier molecular flexibility index (Phi) is 6.80. The highest BCUT2D eigenvalue weighted by Gasteiger charge is 2.26. The van der Waals surface area contributed by atoms with Crippen LogP contribution in [0.1, 0.15) is 58.2 Å². The van der Waals surface area contributed by atoms with Crippen molar-refractivity contribution in [3.8, 4) is 5.75 Å². The summed E-state index contributed by atoms with van der Waals surface area (Å²) in [4.78, 5) is 10.9. The van der Waals surface area contributed by atoms with Gasteiger partial charge in [-0.15, -0.1) is 0 Å². The Balaban J connectivity index is 3.11. The molecule has 0 amide bonds. The van der Waals surface area contributed by atoms with Crippen LogP contribution in [0.4, 0.5) is 0 Å². The average molecular weight is 349 g/mol. The molecule has 1 aromatic rings. The van der Waals surface area contributed by atoms with E-state index >= 15 is 0 Å². The van der Waals surface area contributed by atoms with Crippen LogP contribution in [0.2, 0.25) is 0 Å². The Morgan fingerprint density at radius 3 is 1.96 bits per heavy atom. The van der Waals surface area contributed by atoms with Crippen LogP contribution in [-0.2, 0) is 15.6 Å². The van der Waals surface area contributed by atoms with Gasteiger partial charge in [0.05, 0.1) is 6.61 Å². The van der Waals surface area contributed by atoms with Crippen molar-refractivity contribution in [2.75, 3.05) is 13.2 Å². The number of carboxylic acid groups (broad SMARTS) is 1. The molecule has 5 heteroatoms. The summed E-state index contributed by atoms with van der Waals surface area (Å²) in [6, 6.07) is 2.95. The predicted octanol–water partition coefficient (Wildman–Crippen LogP) is 3.04. The first kappa shape index (κ1) is 21.2. The van der Waals surface area contributed by atoms with E-state index in [0.29, 0.717) is 12.3 Å². The molecule has 0 saturated carbocycles. The van der Waals surface area contributed by atoms with Gasteiger partial charge in [0.25, 0.3) is 0 Å². The molecular formula is C20H31NO4. The SMILES string of the molecule is CC(C)(C)c1cc(C=CCN[C@@H](CO)C(=O)O)cc(C(C)(C)C)c1O. The van der Waals surface area contributed by atoms with E-state index in [1.54, 1.807) is 0 Å². The molecule has 0 aliphatic rings. The van der Waals surface area contributed by atoms with E-state index < -0.39 is 18.6 Å². The molecule has 0 spiro atoms. The van der Waals surface area contributed by atoms with Gasteiger partial charge in [-0.2, -0.15) is 0 Å². The molecule has 0 radical (unpaired) electrons. The molecule has 0 aliphatic heterocycles. The van der Waals surface area contributed by atoms with Crippen LogP contribution >= 0.6 is 0 Å². The molecule has 1 atom stereocenters. The maximum absolute atomic E-state index is 10.9. The number of rotatable bonds is 6. The van der Waals surface area contributed by atoms with Crippen LogP contribution in [-0.4, -0.2) is 40.5 Å². The molecule has 5 nitrogen and oxygen atoms in total. The summed E-state index contributed by atoms with van der Waals surface area (Å²) < 4.78 is 0. The van der Waals surface area contributed by atoms with Crippen molar-refractivity contribution < 1.29 is 20.1 Å². The Morgan fingerprint density at radius 2 is 1.60 bits per heavy atom. The largest absolute Gasteiger partial charge is 0.507 e. The number of carboxylic acids is 1. The van der Waals surface area contributed by atoms with Crippen molar-refractivity contribution in [1.29, 1.82) is 0 Å². The van der Waals surface area contributed by atoms with Crippen LogP contribution in [0.25, 0.3) is 6.08 Å². The zero-order valence-corrected chi connectivity index (χ0v) is 16.1. The fourth-order valence-corrected chi connectivity index (χ4v) is 2.53. The van der Waals surface area contributed by atoms with Crippen molar-refractivity contribution in [2.45, 2.75) is 58.4 Å². The van der Waals surface area contributed by atoms with Crippen molar-refractivity contribution in [1.82, 2.24) is 5.32 Å². The van der Waals surface area contributed by atoms with E-state index in [9.17, 15) is 9.90 Å². The summed E-state index contributed by atoms with van der Waals surface area (Å²) in [5, 5.41) is 31.3. The highest BCUT2D eigenvalue weighted by molar-refractivity contribution is 5.73. The molecule has 1 aromatic carbocycles. The summed E-state index contributed by atoms with van der Waals surface area (Å²) in [7, 11) is 0. The molecule has 0 fully saturated rings. The molecule has 0 heterocycles. The number of aliphatic hydroxyl groups excluding tert-OH is 1. The quantitative estimate of drug-likeness (QED) is 0.634. The molecule has 25 heavy (non-hydrogen) atoms. The second kappa shape index (κ2) is 8.02. The van der Waals surface area contributed by atoms with Gasteiger partial charge in [-0.1, -0.05) is 53.7 Å². The Hall–Kier alpha value is -1.85. The fourth-order valence-electron chi connectivity index (χ4n) is 2.53. The number of aliphatic carboxylic acids is 1. The number of hydrogen-bond donors (Lipinski definition) is 4. The second-order valence-corrected chi connectivity index (χ2v) is 8.35. The van der Waals surface area contributed by atoms with Crippen LogP contribution in [0.3, 0.4) is 0 Å². The van der Waals surface area contributed by atoms with Gasteiger partial charge in [-0.05, 0) is 28.5 Å². The Labute approximate surface area is 150 Å². The van der Waals surface area contributed by atoms with Gasteiger partial charge in [0.15, 0.2) is 0 Å². The van der Waals surface area contributed by atoms with Crippen molar-refractivity contribution in [2.24, 2.45) is 0 Å². The predicted molar refractivity (Wildman–Crippen MR) is 101 cm³/mol. The van der Waals surface area contributed by atoms with Gasteiger partial charge in [0, 0.05) is 17.7 Å². The lowest BCUT2D eigenvalue weighted by molar-refractivity contribution is -0.140. The van der Waals surface area contributed by atoms with Gasteiger partial charge >= 0.3 is 5.97 Å². The number of aliphatic hydroxyl groups is 1. The second-order valence-electron chi connectivity index (χ2n) is 8.35. The third-order valence-corrected chi connectivity index (χ3v) is 4.02. The number of aromatic hydroxyl groups is 1. The van der Waals surface area contributed by atoms with Crippen LogP contribution in [0.15, 0.2) is 18.2 Å². The standard InChI is InChI=1S/C20H31NO4/c1-19(2,3)14-10-13(11-15(17(14)23)20(4,5)6)8-7-9-21-16(12-22)18(24)25/h7-8,10-11,16,21-23H,9,12H2,1-6H3,(H,24,25)/t16-/m0/s1. The average Bonchev–Trinajstić information content (AvgIpc) is 2.45. The van der Waals surface area contributed by atoms with E-state index in [-0.39, 0.29) is 10.8 Å². The van der Waals surface area contributed by atoms with Gasteiger partial charge in [0.2, 0.25) is 0 Å². The van der Waals surface area contributed by atoms with E-state index in [0.717, 1.165) is 16.7 Å². The molecule has 0 aliphatic carbocycles. The zero-order valence-electron chi connectivity index (χ0n) is 16.1. The Bertz CT molecular complexity index is 601. The van der Waals surface area contributed by atoms with Gasteiger partial charge < -0.3 is 15.3 Å². The lowest BCUT2D eigenvalue weighted by Crippen LogP contribution is -2.39. The topological polar surface area (TPSA) is 89.8 Å². The number of phenolic OH excluding ortho intramolecular Hbond substituents is 1. The van der Waals surface area contributed by atoms with E-state index in [1.807, 2.05) is 24.3 Å². The summed E-state index contributed by atoms with van der Waals surface area (Å²) in [6.07, 6.45) is 3.71. The molecule has 1 rings (SSSR count). The van der Waals surface area contributed by atoms with Crippen molar-refractivity contribution >= 4 is 12.0 Å². The third-order valence-electron chi connectivity index (χ3n) is 4.02. The maximum Gasteiger partial charge on any atom is 0.323 e. The summed E-state index contributed by atoms with van der Waals surface area (Å²) in [5.41, 5.74) is 2.32. The molecule has 0 bridgehead atoms. The number of phenols is 1. The number of nitrogens with one attached hydrogen (secondary N) is 1. The molecule has 0 saturated heterocycles. The lowest BCUT2D eigenvalue weighted by atomic mass is 9.78. The number of hydrogen-bond acceptors (Lipinski definition) is 4. The highest BCUT2D eigenvalue weighted by Crippen LogP contribution is 2.39. The molecule has 4 N–H and O–H groups in total. The minimum absolute atomic E-state index is 0.197. The highest BCUT2D eigenvalue weighted by atomic mass is 16.4. The first-order chi connectivity index (χ1) is 11.4. The maximum atomic E-state index is 10.9. The van der Waals surface area contributed by atoms with Crippen molar-refractivity contribution in [3.05, 3.63) is 34.9 Å². The van der Waals surface area contributed by atoms with E-state index in [1.165, 1.54) is 0 Å². The van der Waals surface area contributed by atoms with Gasteiger partial charge in [-0.3, -0.25) is 10.1 Å². The van der Waals surface area contributed by atoms with Gasteiger partial charge in [0.1, 0.15) is 11.8 Å². The van der Waals surface area contributed by atoms with E-state index in [2.05, 4.69) is 46.9 Å². The van der Waals surface area contributed by atoms with Crippen LogP contribution in [0.5, 0.6) is 5.75 Å². The normalized spacial score (nSPS) is 14.0. The summed E-state index contributed by atoms with van der Waals surface area (Å²) in [6.45, 7) is 12.2. The number of carbonyl (C=O) groups is 1. The molecule has 0 aromatic heterocycles. The molecular weight excluding hydrogens is 318 g/mol. The Morgan fingerprint density at radius 1 is 1.12 bits per heavy atom. The minimum atomic E-state index is -1.08.